The fraction of sp³-hybridized carbons (Fsp3) is 0.333. The van der Waals surface area contributed by atoms with Crippen LogP contribution < -0.4 is 4.74 Å². The minimum Gasteiger partial charge on any atom is -0.481 e. The molecule has 0 N–H and O–H groups in total. The van der Waals surface area contributed by atoms with Crippen LogP contribution in [0.15, 0.2) is 12.3 Å². The van der Waals surface area contributed by atoms with E-state index in [1.54, 1.807) is 0 Å². The first-order chi connectivity index (χ1) is 5.54. The molecule has 66 valence electrons. The fourth-order valence-corrected chi connectivity index (χ4v) is 0.592. The maximum atomic E-state index is 11.9. The predicted octanol–water partition coefficient (Wildman–Crippen LogP) is 1.50. The Morgan fingerprint density at radius 2 is 2.08 bits per heavy atom. The summed E-state index contributed by atoms with van der Waals surface area (Å²) in [7, 11) is 1.24. The average molecular weight is 178 g/mol. The van der Waals surface area contributed by atoms with Crippen molar-refractivity contribution in [3.05, 3.63) is 18.1 Å². The van der Waals surface area contributed by atoms with Crippen molar-refractivity contribution >= 4 is 0 Å². The van der Waals surface area contributed by atoms with Gasteiger partial charge in [0, 0.05) is 12.3 Å². The van der Waals surface area contributed by atoms with Gasteiger partial charge in [-0.15, -0.1) is 0 Å². The highest BCUT2D eigenvalue weighted by Crippen LogP contribution is 2.26. The Morgan fingerprint density at radius 3 is 2.58 bits per heavy atom. The van der Waals surface area contributed by atoms with Crippen LogP contribution in [0.2, 0.25) is 0 Å². The van der Waals surface area contributed by atoms with E-state index in [-0.39, 0.29) is 5.88 Å². The number of rotatable bonds is 1. The minimum atomic E-state index is -4.52. The van der Waals surface area contributed by atoms with Gasteiger partial charge in [0.2, 0.25) is 11.7 Å². The molecule has 0 radical (unpaired) electrons. The number of methoxy groups -OCH3 is 1. The molecule has 1 aromatic rings. The third kappa shape index (κ3) is 1.84. The number of aromatic nitrogens is 2. The van der Waals surface area contributed by atoms with Gasteiger partial charge in [-0.25, -0.2) is 4.98 Å². The zero-order valence-electron chi connectivity index (χ0n) is 6.09. The highest BCUT2D eigenvalue weighted by atomic mass is 19.4. The van der Waals surface area contributed by atoms with Crippen molar-refractivity contribution in [2.45, 2.75) is 6.18 Å². The van der Waals surface area contributed by atoms with Crippen LogP contribution in [0.5, 0.6) is 5.88 Å². The molecular weight excluding hydrogens is 173 g/mol. The Kier molecular flexibility index (Phi) is 2.16. The number of nitrogens with zero attached hydrogens (tertiary/aromatic N) is 2. The molecule has 0 aliphatic carbocycles. The number of ether oxygens (including phenoxy) is 1. The van der Waals surface area contributed by atoms with Gasteiger partial charge in [-0.1, -0.05) is 0 Å². The highest BCUT2D eigenvalue weighted by Gasteiger charge is 2.34. The van der Waals surface area contributed by atoms with Gasteiger partial charge in [-0.3, -0.25) is 0 Å². The van der Waals surface area contributed by atoms with Crippen LogP contribution in [0, 0.1) is 0 Å². The summed E-state index contributed by atoms with van der Waals surface area (Å²) in [6.45, 7) is 0. The minimum absolute atomic E-state index is 0.0997. The molecule has 0 spiro atoms. The first-order valence-electron chi connectivity index (χ1n) is 2.98. The predicted molar refractivity (Wildman–Crippen MR) is 33.6 cm³/mol. The zero-order chi connectivity index (χ0) is 9.19. The first kappa shape index (κ1) is 8.76. The molecule has 0 unspecified atom stereocenters. The Morgan fingerprint density at radius 1 is 1.42 bits per heavy atom. The van der Waals surface area contributed by atoms with Crippen LogP contribution in [0.1, 0.15) is 5.82 Å². The Labute approximate surface area is 66.2 Å². The maximum absolute atomic E-state index is 11.9. The van der Waals surface area contributed by atoms with Crippen molar-refractivity contribution in [3.8, 4) is 5.88 Å². The van der Waals surface area contributed by atoms with Crippen molar-refractivity contribution in [1.82, 2.24) is 9.97 Å². The zero-order valence-corrected chi connectivity index (χ0v) is 6.09. The summed E-state index contributed by atoms with van der Waals surface area (Å²) >= 11 is 0. The van der Waals surface area contributed by atoms with Gasteiger partial charge in [0.25, 0.3) is 0 Å². The number of halogens is 3. The molecule has 0 bridgehead atoms. The summed E-state index contributed by atoms with van der Waals surface area (Å²) in [6.07, 6.45) is -3.52. The Bertz CT molecular complexity index is 274. The topological polar surface area (TPSA) is 35.0 Å². The Hall–Kier alpha value is -1.33. The largest absolute Gasteiger partial charge is 0.481 e. The van der Waals surface area contributed by atoms with Gasteiger partial charge in [-0.05, 0) is 0 Å². The molecule has 0 atom stereocenters. The molecule has 1 aromatic heterocycles. The van der Waals surface area contributed by atoms with Crippen LogP contribution in [0.3, 0.4) is 0 Å². The second kappa shape index (κ2) is 2.96. The highest BCUT2D eigenvalue weighted by molar-refractivity contribution is 5.09. The molecule has 0 amide bonds. The maximum Gasteiger partial charge on any atom is 0.451 e. The lowest BCUT2D eigenvalue weighted by Crippen LogP contribution is -2.10. The van der Waals surface area contributed by atoms with Gasteiger partial charge >= 0.3 is 6.18 Å². The van der Waals surface area contributed by atoms with Gasteiger partial charge in [-0.2, -0.15) is 18.2 Å². The number of hydrogen-bond donors (Lipinski definition) is 0. The third-order valence-electron chi connectivity index (χ3n) is 1.09. The molecular formula is C6H5F3N2O. The first-order valence-corrected chi connectivity index (χ1v) is 2.98. The van der Waals surface area contributed by atoms with Gasteiger partial charge < -0.3 is 4.74 Å². The standard InChI is InChI=1S/C6H5F3N2O/c1-12-4-2-3-10-5(11-4)6(7,8)9/h2-3H,1H3. The monoisotopic (exact) mass is 178 g/mol. The summed E-state index contributed by atoms with van der Waals surface area (Å²) in [6, 6.07) is 1.25. The van der Waals surface area contributed by atoms with Crippen molar-refractivity contribution in [2.75, 3.05) is 7.11 Å². The molecule has 0 saturated heterocycles. The summed E-state index contributed by atoms with van der Waals surface area (Å²) < 4.78 is 40.3. The lowest BCUT2D eigenvalue weighted by Gasteiger charge is -2.04. The van der Waals surface area contributed by atoms with E-state index in [9.17, 15) is 13.2 Å². The molecule has 0 saturated carbocycles. The SMILES string of the molecule is COc1ccnc(C(F)(F)F)n1. The van der Waals surface area contributed by atoms with E-state index in [4.69, 9.17) is 0 Å². The van der Waals surface area contributed by atoms with E-state index in [0.717, 1.165) is 6.20 Å². The lowest BCUT2D eigenvalue weighted by molar-refractivity contribution is -0.145. The van der Waals surface area contributed by atoms with Crippen LogP contribution in [-0.4, -0.2) is 17.1 Å². The molecule has 12 heavy (non-hydrogen) atoms. The fourth-order valence-electron chi connectivity index (χ4n) is 0.592. The van der Waals surface area contributed by atoms with Crippen LogP contribution >= 0.6 is 0 Å². The molecule has 0 aliphatic rings. The number of hydrogen-bond acceptors (Lipinski definition) is 3. The molecule has 0 aromatic carbocycles. The summed E-state index contributed by atoms with van der Waals surface area (Å²) in [5.41, 5.74) is 0. The van der Waals surface area contributed by atoms with Crippen LogP contribution in [0.25, 0.3) is 0 Å². The molecule has 1 rings (SSSR count). The second-order valence-corrected chi connectivity index (χ2v) is 1.92. The quantitative estimate of drug-likeness (QED) is 0.653. The van der Waals surface area contributed by atoms with Crippen molar-refractivity contribution < 1.29 is 17.9 Å². The molecule has 6 heteroatoms. The van der Waals surface area contributed by atoms with E-state index < -0.39 is 12.0 Å². The normalized spacial score (nSPS) is 11.3. The van der Waals surface area contributed by atoms with Gasteiger partial charge in [0.05, 0.1) is 7.11 Å². The second-order valence-electron chi connectivity index (χ2n) is 1.92. The van der Waals surface area contributed by atoms with E-state index in [1.165, 1.54) is 13.2 Å². The third-order valence-corrected chi connectivity index (χ3v) is 1.09. The number of alkyl halides is 3. The lowest BCUT2D eigenvalue weighted by atomic mass is 10.5. The van der Waals surface area contributed by atoms with Crippen molar-refractivity contribution in [2.24, 2.45) is 0 Å². The van der Waals surface area contributed by atoms with Crippen LogP contribution in [-0.2, 0) is 6.18 Å². The summed E-state index contributed by atoms with van der Waals surface area (Å²) in [4.78, 5) is 6.15. The van der Waals surface area contributed by atoms with Crippen molar-refractivity contribution in [3.63, 3.8) is 0 Å². The van der Waals surface area contributed by atoms with Gasteiger partial charge in [0.1, 0.15) is 0 Å². The van der Waals surface area contributed by atoms with E-state index in [1.807, 2.05) is 0 Å². The van der Waals surface area contributed by atoms with E-state index >= 15 is 0 Å². The van der Waals surface area contributed by atoms with Crippen LogP contribution in [0.4, 0.5) is 13.2 Å². The molecule has 0 aliphatic heterocycles. The Balaban J connectivity index is 3.02. The smallest absolute Gasteiger partial charge is 0.451 e. The average Bonchev–Trinajstić information content (AvgIpc) is 2.03. The van der Waals surface area contributed by atoms with E-state index in [0.29, 0.717) is 0 Å². The summed E-state index contributed by atoms with van der Waals surface area (Å²) in [5.74, 6) is -1.29. The molecule has 1 heterocycles. The van der Waals surface area contributed by atoms with Crippen molar-refractivity contribution in [1.29, 1.82) is 0 Å². The van der Waals surface area contributed by atoms with Gasteiger partial charge in [0.15, 0.2) is 0 Å². The molecule has 3 nitrogen and oxygen atoms in total. The van der Waals surface area contributed by atoms with E-state index in [2.05, 4.69) is 14.7 Å². The molecule has 0 fully saturated rings. The summed E-state index contributed by atoms with van der Waals surface area (Å²) in [5, 5.41) is 0.